The topological polar surface area (TPSA) is 59.9 Å². The van der Waals surface area contributed by atoms with Crippen molar-refractivity contribution >= 4 is 40.1 Å². The maximum atomic E-state index is 5.84. The molecule has 0 bridgehead atoms. The molecule has 1 N–H and O–H groups in total. The average Bonchev–Trinajstić information content (AvgIpc) is 2.38. The number of anilines is 1. The first-order chi connectivity index (χ1) is 9.17. The predicted molar refractivity (Wildman–Crippen MR) is 82.9 cm³/mol. The van der Waals surface area contributed by atoms with E-state index in [4.69, 9.17) is 16.3 Å². The lowest BCUT2D eigenvalue weighted by atomic mass is 10.3. The number of hydrogen-bond donors (Lipinski definition) is 1. The Balaban J connectivity index is 2.15. The number of ether oxygens (including phenoxy) is 1. The van der Waals surface area contributed by atoms with Gasteiger partial charge in [0.25, 0.3) is 0 Å². The van der Waals surface area contributed by atoms with Gasteiger partial charge in [0.2, 0.25) is 11.2 Å². The van der Waals surface area contributed by atoms with E-state index in [1.54, 1.807) is 0 Å². The molecule has 2 aromatic rings. The standard InChI is InChI=1S/C12H12ClIN4O/c1-2-7-15-11-16-10(13)17-12(18-11)19-9-5-3-8(14)4-6-9/h3-6H,2,7H2,1H3,(H,15,16,17,18). The Bertz CT molecular complexity index is 550. The first-order valence-electron chi connectivity index (χ1n) is 5.76. The molecule has 1 aromatic heterocycles. The van der Waals surface area contributed by atoms with Gasteiger partial charge in [0, 0.05) is 10.1 Å². The van der Waals surface area contributed by atoms with E-state index in [-0.39, 0.29) is 11.3 Å². The van der Waals surface area contributed by atoms with Crippen molar-refractivity contribution in [2.24, 2.45) is 0 Å². The van der Waals surface area contributed by atoms with E-state index in [1.807, 2.05) is 24.3 Å². The van der Waals surface area contributed by atoms with Crippen molar-refractivity contribution in [2.45, 2.75) is 13.3 Å². The van der Waals surface area contributed by atoms with Crippen molar-refractivity contribution < 1.29 is 4.74 Å². The summed E-state index contributed by atoms with van der Waals surface area (Å²) >= 11 is 8.06. The lowest BCUT2D eigenvalue weighted by Crippen LogP contribution is -2.06. The van der Waals surface area contributed by atoms with Gasteiger partial charge in [-0.25, -0.2) is 0 Å². The highest BCUT2D eigenvalue weighted by Crippen LogP contribution is 2.20. The van der Waals surface area contributed by atoms with Crippen LogP contribution in [0.1, 0.15) is 13.3 Å². The highest BCUT2D eigenvalue weighted by Gasteiger charge is 2.06. The highest BCUT2D eigenvalue weighted by molar-refractivity contribution is 14.1. The zero-order chi connectivity index (χ0) is 13.7. The summed E-state index contributed by atoms with van der Waals surface area (Å²) in [4.78, 5) is 12.1. The van der Waals surface area contributed by atoms with Crippen molar-refractivity contribution in [3.63, 3.8) is 0 Å². The molecule has 0 aliphatic heterocycles. The minimum atomic E-state index is 0.106. The molecule has 0 amide bonds. The molecule has 0 spiro atoms. The van der Waals surface area contributed by atoms with Crippen LogP contribution in [0.4, 0.5) is 5.95 Å². The summed E-state index contributed by atoms with van der Waals surface area (Å²) in [6, 6.07) is 7.75. The van der Waals surface area contributed by atoms with Crippen LogP contribution in [0.15, 0.2) is 24.3 Å². The lowest BCUT2D eigenvalue weighted by molar-refractivity contribution is 0.440. The third kappa shape index (κ3) is 4.46. The van der Waals surface area contributed by atoms with E-state index in [9.17, 15) is 0 Å². The van der Waals surface area contributed by atoms with Crippen molar-refractivity contribution in [1.29, 1.82) is 0 Å². The summed E-state index contributed by atoms with van der Waals surface area (Å²) in [6.45, 7) is 2.82. The Morgan fingerprint density at radius 3 is 2.63 bits per heavy atom. The molecule has 1 aromatic carbocycles. The summed E-state index contributed by atoms with van der Waals surface area (Å²) in [5.41, 5.74) is 0. The minimum absolute atomic E-state index is 0.106. The Labute approximate surface area is 129 Å². The third-order valence-electron chi connectivity index (χ3n) is 2.14. The van der Waals surface area contributed by atoms with Crippen LogP contribution >= 0.6 is 34.2 Å². The number of hydrogen-bond acceptors (Lipinski definition) is 5. The Morgan fingerprint density at radius 2 is 1.95 bits per heavy atom. The zero-order valence-corrected chi connectivity index (χ0v) is 13.1. The second-order valence-electron chi connectivity index (χ2n) is 3.69. The molecule has 19 heavy (non-hydrogen) atoms. The zero-order valence-electron chi connectivity index (χ0n) is 10.2. The first kappa shape index (κ1) is 14.3. The van der Waals surface area contributed by atoms with Crippen LogP contribution in [0, 0.1) is 3.57 Å². The van der Waals surface area contributed by atoms with Crippen molar-refractivity contribution in [3.8, 4) is 11.8 Å². The predicted octanol–water partition coefficient (Wildman–Crippen LogP) is 3.74. The van der Waals surface area contributed by atoms with E-state index >= 15 is 0 Å². The molecule has 0 radical (unpaired) electrons. The molecular formula is C12H12ClIN4O. The van der Waals surface area contributed by atoms with Crippen molar-refractivity contribution in [2.75, 3.05) is 11.9 Å². The summed E-state index contributed by atoms with van der Waals surface area (Å²) in [6.07, 6.45) is 0.969. The van der Waals surface area contributed by atoms with Crippen molar-refractivity contribution in [1.82, 2.24) is 15.0 Å². The van der Waals surface area contributed by atoms with E-state index in [0.717, 1.165) is 16.5 Å². The van der Waals surface area contributed by atoms with E-state index in [2.05, 4.69) is 49.8 Å². The Morgan fingerprint density at radius 1 is 1.21 bits per heavy atom. The molecule has 100 valence electrons. The van der Waals surface area contributed by atoms with Crippen LogP contribution in [0.25, 0.3) is 0 Å². The molecular weight excluding hydrogens is 379 g/mol. The minimum Gasteiger partial charge on any atom is -0.424 e. The second kappa shape index (κ2) is 6.85. The van der Waals surface area contributed by atoms with Gasteiger partial charge in [-0.15, -0.1) is 0 Å². The summed E-state index contributed by atoms with van der Waals surface area (Å²) in [5, 5.41) is 3.15. The molecule has 0 saturated heterocycles. The summed E-state index contributed by atoms with van der Waals surface area (Å²) in [7, 11) is 0. The summed E-state index contributed by atoms with van der Waals surface area (Å²) in [5.74, 6) is 1.08. The molecule has 0 unspecified atom stereocenters. The SMILES string of the molecule is CCCNc1nc(Cl)nc(Oc2ccc(I)cc2)n1. The van der Waals surface area contributed by atoms with Gasteiger partial charge in [-0.3, -0.25) is 0 Å². The maximum Gasteiger partial charge on any atom is 0.328 e. The fraction of sp³-hybridized carbons (Fsp3) is 0.250. The number of benzene rings is 1. The van der Waals surface area contributed by atoms with E-state index in [0.29, 0.717) is 11.7 Å². The number of nitrogens with one attached hydrogen (secondary N) is 1. The van der Waals surface area contributed by atoms with Gasteiger partial charge in [-0.2, -0.15) is 15.0 Å². The largest absolute Gasteiger partial charge is 0.424 e. The molecule has 0 aliphatic carbocycles. The number of rotatable bonds is 5. The summed E-state index contributed by atoms with van der Waals surface area (Å²) < 4.78 is 6.67. The van der Waals surface area contributed by atoms with Gasteiger partial charge in [0.15, 0.2) is 0 Å². The molecule has 0 atom stereocenters. The van der Waals surface area contributed by atoms with Crippen molar-refractivity contribution in [3.05, 3.63) is 33.1 Å². The number of nitrogens with zero attached hydrogens (tertiary/aromatic N) is 3. The van der Waals surface area contributed by atoms with Gasteiger partial charge < -0.3 is 10.1 Å². The van der Waals surface area contributed by atoms with E-state index < -0.39 is 0 Å². The fourth-order valence-electron chi connectivity index (χ4n) is 1.30. The van der Waals surface area contributed by atoms with Crippen LogP contribution in [0.5, 0.6) is 11.8 Å². The average molecular weight is 391 g/mol. The van der Waals surface area contributed by atoms with Gasteiger partial charge in [0.1, 0.15) is 5.75 Å². The van der Waals surface area contributed by atoms with Crippen LogP contribution in [-0.4, -0.2) is 21.5 Å². The van der Waals surface area contributed by atoms with Crippen LogP contribution in [-0.2, 0) is 0 Å². The molecule has 0 fully saturated rings. The Kier molecular flexibility index (Phi) is 5.15. The molecule has 7 heteroatoms. The van der Waals surface area contributed by atoms with Gasteiger partial charge in [-0.1, -0.05) is 6.92 Å². The quantitative estimate of drug-likeness (QED) is 0.788. The van der Waals surface area contributed by atoms with Gasteiger partial charge >= 0.3 is 6.01 Å². The molecule has 0 aliphatic rings. The monoisotopic (exact) mass is 390 g/mol. The first-order valence-corrected chi connectivity index (χ1v) is 7.22. The van der Waals surface area contributed by atoms with Crippen LogP contribution < -0.4 is 10.1 Å². The molecule has 2 rings (SSSR count). The normalized spacial score (nSPS) is 10.3. The van der Waals surface area contributed by atoms with Crippen LogP contribution in [0.2, 0.25) is 5.28 Å². The fourth-order valence-corrected chi connectivity index (χ4v) is 1.81. The van der Waals surface area contributed by atoms with E-state index in [1.165, 1.54) is 0 Å². The lowest BCUT2D eigenvalue weighted by Gasteiger charge is -2.06. The van der Waals surface area contributed by atoms with Gasteiger partial charge in [0.05, 0.1) is 0 Å². The molecule has 1 heterocycles. The highest BCUT2D eigenvalue weighted by atomic mass is 127. The molecule has 5 nitrogen and oxygen atoms in total. The number of aromatic nitrogens is 3. The third-order valence-corrected chi connectivity index (χ3v) is 3.03. The number of halogens is 2. The van der Waals surface area contributed by atoms with Gasteiger partial charge in [-0.05, 0) is 64.9 Å². The smallest absolute Gasteiger partial charge is 0.328 e. The second-order valence-corrected chi connectivity index (χ2v) is 5.28. The molecule has 0 saturated carbocycles. The maximum absolute atomic E-state index is 5.84. The van der Waals surface area contributed by atoms with Crippen LogP contribution in [0.3, 0.4) is 0 Å². The Hall–Kier alpha value is -1.15.